The summed E-state index contributed by atoms with van der Waals surface area (Å²) in [4.78, 5) is 12.8. The number of nitrogens with zero attached hydrogens (tertiary/aromatic N) is 1. The summed E-state index contributed by atoms with van der Waals surface area (Å²) < 4.78 is 27.8. The van der Waals surface area contributed by atoms with Gasteiger partial charge in [-0.2, -0.15) is 0 Å². The number of nitrogens with one attached hydrogen (secondary N) is 1. The zero-order valence-corrected chi connectivity index (χ0v) is 17.5. The number of carbonyl (C=O) groups is 1. The Bertz CT molecular complexity index is 1110. The molecular formula is C23H24N2O3S. The molecule has 1 amide bonds. The van der Waals surface area contributed by atoms with Gasteiger partial charge in [0.2, 0.25) is 5.91 Å². The van der Waals surface area contributed by atoms with Crippen LogP contribution in [-0.4, -0.2) is 20.9 Å². The number of benzene rings is 3. The van der Waals surface area contributed by atoms with Crippen molar-refractivity contribution >= 4 is 27.3 Å². The Balaban J connectivity index is 1.95. The van der Waals surface area contributed by atoms with Crippen LogP contribution < -0.4 is 9.62 Å². The highest BCUT2D eigenvalue weighted by Crippen LogP contribution is 2.26. The molecule has 1 N–H and O–H groups in total. The van der Waals surface area contributed by atoms with Crippen molar-refractivity contribution < 1.29 is 13.2 Å². The second-order valence-corrected chi connectivity index (χ2v) is 8.87. The average Bonchev–Trinajstić information content (AvgIpc) is 2.71. The van der Waals surface area contributed by atoms with Crippen LogP contribution >= 0.6 is 0 Å². The molecule has 0 saturated carbocycles. The first kappa shape index (κ1) is 20.6. The number of hydrogen-bond donors (Lipinski definition) is 1. The van der Waals surface area contributed by atoms with Crippen molar-refractivity contribution in [1.82, 2.24) is 0 Å². The van der Waals surface area contributed by atoms with E-state index in [0.29, 0.717) is 11.4 Å². The van der Waals surface area contributed by atoms with Crippen molar-refractivity contribution in [3.05, 3.63) is 89.5 Å². The van der Waals surface area contributed by atoms with Crippen molar-refractivity contribution in [2.24, 2.45) is 0 Å². The molecule has 0 saturated heterocycles. The summed E-state index contributed by atoms with van der Waals surface area (Å²) in [6, 6.07) is 20.9. The van der Waals surface area contributed by atoms with Gasteiger partial charge in [-0.1, -0.05) is 42.0 Å². The highest BCUT2D eigenvalue weighted by Gasteiger charge is 2.27. The van der Waals surface area contributed by atoms with Crippen LogP contribution in [0.25, 0.3) is 0 Å². The van der Waals surface area contributed by atoms with Crippen LogP contribution in [0.4, 0.5) is 11.4 Å². The molecule has 0 bridgehead atoms. The van der Waals surface area contributed by atoms with Gasteiger partial charge >= 0.3 is 0 Å². The number of sulfonamides is 1. The molecule has 0 aromatic heterocycles. The Morgan fingerprint density at radius 3 is 2.14 bits per heavy atom. The first-order chi connectivity index (χ1) is 13.8. The first-order valence-electron chi connectivity index (χ1n) is 9.29. The van der Waals surface area contributed by atoms with Crippen LogP contribution in [0.15, 0.2) is 77.7 Å². The fourth-order valence-corrected chi connectivity index (χ4v) is 4.32. The van der Waals surface area contributed by atoms with E-state index in [1.54, 1.807) is 42.5 Å². The molecule has 5 nitrogen and oxygen atoms in total. The summed E-state index contributed by atoms with van der Waals surface area (Å²) in [5.41, 5.74) is 4.16. The largest absolute Gasteiger partial charge is 0.325 e. The maximum atomic E-state index is 13.3. The summed E-state index contributed by atoms with van der Waals surface area (Å²) in [5, 5.41) is 2.77. The van der Waals surface area contributed by atoms with Crippen LogP contribution in [0.3, 0.4) is 0 Å². The average molecular weight is 409 g/mol. The lowest BCUT2D eigenvalue weighted by molar-refractivity contribution is -0.114. The molecule has 6 heteroatoms. The molecule has 3 rings (SSSR count). The number of rotatable bonds is 6. The fraction of sp³-hybridized carbons (Fsp3) is 0.174. The summed E-state index contributed by atoms with van der Waals surface area (Å²) >= 11 is 0. The molecular weight excluding hydrogens is 384 g/mol. The van der Waals surface area contributed by atoms with Gasteiger partial charge in [-0.3, -0.25) is 9.10 Å². The normalized spacial score (nSPS) is 11.1. The second kappa shape index (κ2) is 8.49. The second-order valence-electron chi connectivity index (χ2n) is 7.01. The first-order valence-corrected chi connectivity index (χ1v) is 10.7. The minimum Gasteiger partial charge on any atom is -0.325 e. The van der Waals surface area contributed by atoms with Crippen molar-refractivity contribution in [3.63, 3.8) is 0 Å². The van der Waals surface area contributed by atoms with Crippen LogP contribution in [0.1, 0.15) is 16.7 Å². The lowest BCUT2D eigenvalue weighted by atomic mass is 10.1. The van der Waals surface area contributed by atoms with E-state index in [1.165, 1.54) is 12.1 Å². The SMILES string of the molecule is Cc1ccc(NC(=O)CN(c2ccc(C)c(C)c2)S(=O)(=O)c2ccccc2)cc1. The Hall–Kier alpha value is -3.12. The van der Waals surface area contributed by atoms with Gasteiger partial charge < -0.3 is 5.32 Å². The Labute approximate surface area is 172 Å². The third kappa shape index (κ3) is 4.84. The van der Waals surface area contributed by atoms with Crippen molar-refractivity contribution in [2.45, 2.75) is 25.7 Å². The zero-order chi connectivity index (χ0) is 21.0. The number of anilines is 2. The molecule has 0 unspecified atom stereocenters. The molecule has 150 valence electrons. The summed E-state index contributed by atoms with van der Waals surface area (Å²) in [5.74, 6) is -0.411. The highest BCUT2D eigenvalue weighted by atomic mass is 32.2. The van der Waals surface area contributed by atoms with Gasteiger partial charge in [-0.05, 0) is 68.3 Å². The quantitative estimate of drug-likeness (QED) is 0.655. The summed E-state index contributed by atoms with van der Waals surface area (Å²) in [6.45, 7) is 5.50. The van der Waals surface area contributed by atoms with E-state index >= 15 is 0 Å². The third-order valence-electron chi connectivity index (χ3n) is 4.73. The maximum absolute atomic E-state index is 13.3. The van der Waals surface area contributed by atoms with Crippen LogP contribution in [0, 0.1) is 20.8 Å². The standard InChI is InChI=1S/C23H24N2O3S/c1-17-9-12-20(13-10-17)24-23(26)16-25(21-14-11-18(2)19(3)15-21)29(27,28)22-7-5-4-6-8-22/h4-15H,16H2,1-3H3,(H,24,26). The van der Waals surface area contributed by atoms with Crippen LogP contribution in [0.5, 0.6) is 0 Å². The minimum absolute atomic E-state index is 0.140. The molecule has 0 aliphatic carbocycles. The van der Waals surface area contributed by atoms with Gasteiger partial charge in [0.15, 0.2) is 0 Å². The van der Waals surface area contributed by atoms with E-state index in [4.69, 9.17) is 0 Å². The lowest BCUT2D eigenvalue weighted by Gasteiger charge is -2.25. The number of carbonyl (C=O) groups excluding carboxylic acids is 1. The van der Waals surface area contributed by atoms with E-state index in [9.17, 15) is 13.2 Å². The third-order valence-corrected chi connectivity index (χ3v) is 6.52. The van der Waals surface area contributed by atoms with Crippen molar-refractivity contribution in [3.8, 4) is 0 Å². The van der Waals surface area contributed by atoms with E-state index in [2.05, 4.69) is 5.32 Å². The Morgan fingerprint density at radius 2 is 1.52 bits per heavy atom. The van der Waals surface area contributed by atoms with Crippen LogP contribution in [0.2, 0.25) is 0 Å². The van der Waals surface area contributed by atoms with Crippen molar-refractivity contribution in [2.75, 3.05) is 16.2 Å². The Kier molecular flexibility index (Phi) is 6.03. The van der Waals surface area contributed by atoms with Crippen molar-refractivity contribution in [1.29, 1.82) is 0 Å². The summed E-state index contributed by atoms with van der Waals surface area (Å²) in [6.07, 6.45) is 0. The van der Waals surface area contributed by atoms with Gasteiger partial charge in [0.05, 0.1) is 10.6 Å². The predicted octanol–water partition coefficient (Wildman–Crippen LogP) is 4.45. The minimum atomic E-state index is -3.91. The number of amides is 1. The van der Waals surface area contributed by atoms with Gasteiger partial charge in [0.25, 0.3) is 10.0 Å². The smallest absolute Gasteiger partial charge is 0.264 e. The highest BCUT2D eigenvalue weighted by molar-refractivity contribution is 7.92. The molecule has 0 aliphatic heterocycles. The molecule has 29 heavy (non-hydrogen) atoms. The maximum Gasteiger partial charge on any atom is 0.264 e. The van der Waals surface area contributed by atoms with E-state index in [0.717, 1.165) is 21.0 Å². The van der Waals surface area contributed by atoms with Gasteiger partial charge in [-0.25, -0.2) is 8.42 Å². The topological polar surface area (TPSA) is 66.5 Å². The van der Waals surface area contributed by atoms with Gasteiger partial charge in [0.1, 0.15) is 6.54 Å². The molecule has 0 heterocycles. The molecule has 0 fully saturated rings. The molecule has 0 aliphatic rings. The Morgan fingerprint density at radius 1 is 0.862 bits per heavy atom. The van der Waals surface area contributed by atoms with Crippen LogP contribution in [-0.2, 0) is 14.8 Å². The van der Waals surface area contributed by atoms with Gasteiger partial charge in [0, 0.05) is 5.69 Å². The molecule has 3 aromatic carbocycles. The lowest BCUT2D eigenvalue weighted by Crippen LogP contribution is -2.38. The summed E-state index contributed by atoms with van der Waals surface area (Å²) in [7, 11) is -3.91. The predicted molar refractivity (Wildman–Crippen MR) is 117 cm³/mol. The number of hydrogen-bond acceptors (Lipinski definition) is 3. The molecule has 0 atom stereocenters. The molecule has 0 radical (unpaired) electrons. The van der Waals surface area contributed by atoms with E-state index < -0.39 is 15.9 Å². The van der Waals surface area contributed by atoms with E-state index in [-0.39, 0.29) is 11.4 Å². The van der Waals surface area contributed by atoms with E-state index in [1.807, 2.05) is 39.0 Å². The molecule has 0 spiro atoms. The molecule has 3 aromatic rings. The fourth-order valence-electron chi connectivity index (χ4n) is 2.88. The number of aryl methyl sites for hydroxylation is 3. The monoisotopic (exact) mass is 408 g/mol. The van der Waals surface area contributed by atoms with Gasteiger partial charge in [-0.15, -0.1) is 0 Å². The zero-order valence-electron chi connectivity index (χ0n) is 16.7.